The van der Waals surface area contributed by atoms with Gasteiger partial charge in [-0.25, -0.2) is 4.98 Å². The minimum atomic E-state index is 0.113. The fourth-order valence-electron chi connectivity index (χ4n) is 3.26. The highest BCUT2D eigenvalue weighted by Gasteiger charge is 2.25. The maximum absolute atomic E-state index is 12.9. The second-order valence-corrected chi connectivity index (χ2v) is 7.72. The number of rotatable bonds is 7. The van der Waals surface area contributed by atoms with Crippen molar-refractivity contribution in [2.24, 2.45) is 5.92 Å². The highest BCUT2D eigenvalue weighted by molar-refractivity contribution is 7.12. The van der Waals surface area contributed by atoms with E-state index in [2.05, 4.69) is 29.7 Å². The summed E-state index contributed by atoms with van der Waals surface area (Å²) in [5.41, 5.74) is 2.21. The van der Waals surface area contributed by atoms with Gasteiger partial charge in [0.05, 0.1) is 22.5 Å². The number of imidazole rings is 1. The number of amides is 1. The lowest BCUT2D eigenvalue weighted by molar-refractivity contribution is 0.0742. The Morgan fingerprint density at radius 2 is 2.12 bits per heavy atom. The molecule has 1 aromatic carbocycles. The number of thiophene rings is 1. The van der Waals surface area contributed by atoms with Crippen molar-refractivity contribution in [2.75, 3.05) is 6.54 Å². The van der Waals surface area contributed by atoms with E-state index in [1.54, 1.807) is 0 Å². The van der Waals surface area contributed by atoms with Gasteiger partial charge in [0.1, 0.15) is 5.82 Å². The third kappa shape index (κ3) is 3.47. The lowest BCUT2D eigenvalue weighted by Gasteiger charge is -2.22. The summed E-state index contributed by atoms with van der Waals surface area (Å²) in [6.07, 6.45) is 3.55. The highest BCUT2D eigenvalue weighted by atomic mass is 32.1. The molecule has 1 aliphatic rings. The predicted octanol–water partition coefficient (Wildman–Crippen LogP) is 4.56. The monoisotopic (exact) mass is 353 g/mol. The Morgan fingerprint density at radius 3 is 2.84 bits per heavy atom. The summed E-state index contributed by atoms with van der Waals surface area (Å²) < 4.78 is 2.33. The summed E-state index contributed by atoms with van der Waals surface area (Å²) in [6, 6.07) is 12.1. The van der Waals surface area contributed by atoms with Gasteiger partial charge in [0.25, 0.3) is 5.91 Å². The maximum atomic E-state index is 12.9. The number of fused-ring (bicyclic) bond motifs is 1. The number of benzene rings is 1. The number of nitrogens with zero attached hydrogens (tertiary/aromatic N) is 3. The first kappa shape index (κ1) is 16.3. The summed E-state index contributed by atoms with van der Waals surface area (Å²) >= 11 is 1.51. The van der Waals surface area contributed by atoms with Gasteiger partial charge in [0, 0.05) is 13.1 Å². The molecule has 1 amide bonds. The fraction of sp³-hybridized carbons (Fsp3) is 0.400. The van der Waals surface area contributed by atoms with Crippen molar-refractivity contribution in [3.63, 3.8) is 0 Å². The molecule has 25 heavy (non-hydrogen) atoms. The summed E-state index contributed by atoms with van der Waals surface area (Å²) in [5, 5.41) is 1.96. The van der Waals surface area contributed by atoms with Crippen LogP contribution >= 0.6 is 11.3 Å². The Morgan fingerprint density at radius 1 is 1.28 bits per heavy atom. The van der Waals surface area contributed by atoms with Crippen LogP contribution in [0.25, 0.3) is 11.0 Å². The van der Waals surface area contributed by atoms with Crippen LogP contribution in [0.3, 0.4) is 0 Å². The zero-order valence-electron chi connectivity index (χ0n) is 14.5. The summed E-state index contributed by atoms with van der Waals surface area (Å²) in [6.45, 7) is 4.46. The van der Waals surface area contributed by atoms with Gasteiger partial charge in [-0.2, -0.15) is 0 Å². The Kier molecular flexibility index (Phi) is 4.57. The van der Waals surface area contributed by atoms with Gasteiger partial charge in [-0.3, -0.25) is 4.79 Å². The van der Waals surface area contributed by atoms with Gasteiger partial charge in [-0.1, -0.05) is 25.1 Å². The number of hydrogen-bond donors (Lipinski definition) is 0. The maximum Gasteiger partial charge on any atom is 0.264 e. The molecular weight excluding hydrogens is 330 g/mol. The highest BCUT2D eigenvalue weighted by Crippen LogP contribution is 2.32. The van der Waals surface area contributed by atoms with E-state index >= 15 is 0 Å². The van der Waals surface area contributed by atoms with Crippen molar-refractivity contribution in [1.82, 2.24) is 14.5 Å². The molecule has 0 aliphatic heterocycles. The van der Waals surface area contributed by atoms with Crippen LogP contribution in [0, 0.1) is 5.92 Å². The van der Waals surface area contributed by atoms with Crippen LogP contribution in [-0.4, -0.2) is 26.9 Å². The Bertz CT molecular complexity index is 864. The van der Waals surface area contributed by atoms with Crippen molar-refractivity contribution in [1.29, 1.82) is 0 Å². The van der Waals surface area contributed by atoms with Crippen molar-refractivity contribution in [2.45, 2.75) is 39.3 Å². The second-order valence-electron chi connectivity index (χ2n) is 6.77. The quantitative estimate of drug-likeness (QED) is 0.624. The Labute approximate surface area is 152 Å². The SMILES string of the molecule is CCCN(Cc1nc2ccccc2n1CC1CC1)C(=O)c1cccs1. The first-order valence-electron chi connectivity index (χ1n) is 9.03. The second kappa shape index (κ2) is 7.00. The van der Waals surface area contributed by atoms with Crippen molar-refractivity contribution >= 4 is 28.3 Å². The average Bonchev–Trinajstić information content (AvgIpc) is 3.15. The molecule has 130 valence electrons. The average molecular weight is 353 g/mol. The van der Waals surface area contributed by atoms with E-state index in [4.69, 9.17) is 4.98 Å². The van der Waals surface area contributed by atoms with E-state index in [9.17, 15) is 4.79 Å². The number of hydrogen-bond acceptors (Lipinski definition) is 3. The molecule has 5 heteroatoms. The molecule has 0 saturated heterocycles. The molecule has 2 aromatic heterocycles. The lowest BCUT2D eigenvalue weighted by Crippen LogP contribution is -2.32. The molecule has 4 nitrogen and oxygen atoms in total. The van der Waals surface area contributed by atoms with Gasteiger partial charge in [0.2, 0.25) is 0 Å². The smallest absolute Gasteiger partial charge is 0.264 e. The zero-order chi connectivity index (χ0) is 17.2. The molecule has 1 fully saturated rings. The normalized spacial score (nSPS) is 14.1. The van der Waals surface area contributed by atoms with Crippen LogP contribution < -0.4 is 0 Å². The third-order valence-corrected chi connectivity index (χ3v) is 5.57. The summed E-state index contributed by atoms with van der Waals surface area (Å²) in [5.74, 6) is 1.89. The van der Waals surface area contributed by atoms with E-state index in [0.29, 0.717) is 6.54 Å². The number of aromatic nitrogens is 2. The third-order valence-electron chi connectivity index (χ3n) is 4.72. The largest absolute Gasteiger partial charge is 0.330 e. The van der Waals surface area contributed by atoms with Crippen molar-refractivity contribution in [3.05, 3.63) is 52.5 Å². The molecule has 0 spiro atoms. The standard InChI is InChI=1S/C20H23N3OS/c1-2-11-22(20(24)18-8-5-12-25-18)14-19-21-16-6-3-4-7-17(16)23(19)13-15-9-10-15/h3-8,12,15H,2,9-11,13-14H2,1H3. The minimum Gasteiger partial charge on any atom is -0.330 e. The van der Waals surface area contributed by atoms with Crippen LogP contribution in [0.1, 0.15) is 41.7 Å². The molecule has 0 N–H and O–H groups in total. The topological polar surface area (TPSA) is 38.1 Å². The number of carbonyl (C=O) groups excluding carboxylic acids is 1. The number of para-hydroxylation sites is 2. The van der Waals surface area contributed by atoms with Gasteiger partial charge in [-0.05, 0) is 48.8 Å². The molecule has 3 aromatic rings. The fourth-order valence-corrected chi connectivity index (χ4v) is 3.95. The van der Waals surface area contributed by atoms with Gasteiger partial charge in [-0.15, -0.1) is 11.3 Å². The molecule has 0 radical (unpaired) electrons. The molecule has 4 rings (SSSR count). The van der Waals surface area contributed by atoms with Crippen LogP contribution in [0.5, 0.6) is 0 Å². The molecule has 1 aliphatic carbocycles. The molecule has 1 saturated carbocycles. The van der Waals surface area contributed by atoms with Crippen LogP contribution in [0.2, 0.25) is 0 Å². The van der Waals surface area contributed by atoms with Crippen LogP contribution in [-0.2, 0) is 13.1 Å². The predicted molar refractivity (Wildman–Crippen MR) is 102 cm³/mol. The molecular formula is C20H23N3OS. The van der Waals surface area contributed by atoms with Crippen molar-refractivity contribution in [3.8, 4) is 0 Å². The molecule has 0 unspecified atom stereocenters. The van der Waals surface area contributed by atoms with E-state index in [-0.39, 0.29) is 5.91 Å². The van der Waals surface area contributed by atoms with Crippen molar-refractivity contribution < 1.29 is 4.79 Å². The zero-order valence-corrected chi connectivity index (χ0v) is 15.3. The van der Waals surface area contributed by atoms with E-state index in [0.717, 1.165) is 41.6 Å². The van der Waals surface area contributed by atoms with Gasteiger partial charge < -0.3 is 9.47 Å². The Balaban J connectivity index is 1.66. The van der Waals surface area contributed by atoms with Crippen LogP contribution in [0.15, 0.2) is 41.8 Å². The first-order valence-corrected chi connectivity index (χ1v) is 9.91. The summed E-state index contributed by atoms with van der Waals surface area (Å²) in [4.78, 5) is 20.5. The van der Waals surface area contributed by atoms with E-state index < -0.39 is 0 Å². The van der Waals surface area contributed by atoms with Gasteiger partial charge in [0.15, 0.2) is 0 Å². The number of carbonyl (C=O) groups is 1. The van der Waals surface area contributed by atoms with Gasteiger partial charge >= 0.3 is 0 Å². The molecule has 0 bridgehead atoms. The van der Waals surface area contributed by atoms with E-state index in [1.807, 2.05) is 28.5 Å². The Hall–Kier alpha value is -2.14. The first-order chi connectivity index (χ1) is 12.3. The summed E-state index contributed by atoms with van der Waals surface area (Å²) in [7, 11) is 0. The lowest BCUT2D eigenvalue weighted by atomic mass is 10.3. The minimum absolute atomic E-state index is 0.113. The van der Waals surface area contributed by atoms with E-state index in [1.165, 1.54) is 29.7 Å². The molecule has 0 atom stereocenters. The van der Waals surface area contributed by atoms with Crippen LogP contribution in [0.4, 0.5) is 0 Å². The molecule has 2 heterocycles.